The minimum Gasteiger partial charge on any atom is -0.0654 e. The van der Waals surface area contributed by atoms with Gasteiger partial charge in [-0.15, -0.1) is 0 Å². The van der Waals surface area contributed by atoms with Crippen molar-refractivity contribution >= 4 is 0 Å². The van der Waals surface area contributed by atoms with Crippen molar-refractivity contribution in [2.24, 2.45) is 17.8 Å². The topological polar surface area (TPSA) is 0 Å². The highest BCUT2D eigenvalue weighted by atomic mass is 14.5. The monoisotopic (exact) mass is 124 g/mol. The molecule has 0 heteroatoms. The molecule has 0 aromatic heterocycles. The summed E-state index contributed by atoms with van der Waals surface area (Å²) >= 11 is 0. The summed E-state index contributed by atoms with van der Waals surface area (Å²) in [6.07, 6.45) is 7.64. The molecule has 0 heterocycles. The normalized spacial score (nSPS) is 47.0. The highest BCUT2D eigenvalue weighted by molar-refractivity contribution is 4.96. The van der Waals surface area contributed by atoms with Gasteiger partial charge in [-0.25, -0.2) is 0 Å². The second-order valence-electron chi connectivity index (χ2n) is 3.79. The van der Waals surface area contributed by atoms with Gasteiger partial charge in [0.2, 0.25) is 0 Å². The molecule has 52 valence electrons. The lowest BCUT2D eigenvalue weighted by Gasteiger charge is -2.07. The Bertz CT molecular complexity index is 107. The molecule has 3 atom stereocenters. The largest absolute Gasteiger partial charge is 0.0654 e. The van der Waals surface area contributed by atoms with E-state index >= 15 is 0 Å². The van der Waals surface area contributed by atoms with Crippen LogP contribution in [-0.4, -0.2) is 0 Å². The van der Waals surface area contributed by atoms with E-state index in [4.69, 9.17) is 0 Å². The van der Waals surface area contributed by atoms with Crippen LogP contribution in [0.4, 0.5) is 0 Å². The van der Waals surface area contributed by atoms with Crippen molar-refractivity contribution in [1.82, 2.24) is 0 Å². The van der Waals surface area contributed by atoms with Crippen molar-refractivity contribution < 1.29 is 0 Å². The van der Waals surface area contributed by atoms with Crippen molar-refractivity contribution in [2.45, 2.75) is 39.0 Å². The third-order valence-electron chi connectivity index (χ3n) is 3.15. The minimum absolute atomic E-state index is 1.15. The maximum Gasteiger partial charge on any atom is -0.0355 e. The average molecular weight is 124 g/mol. The molecule has 0 aliphatic heterocycles. The Morgan fingerprint density at radius 1 is 1.33 bits per heavy atom. The Labute approximate surface area is 57.6 Å². The van der Waals surface area contributed by atoms with E-state index in [1.54, 1.807) is 19.3 Å². The van der Waals surface area contributed by atoms with Crippen molar-refractivity contribution in [3.63, 3.8) is 0 Å². The van der Waals surface area contributed by atoms with Crippen LogP contribution in [0.1, 0.15) is 39.0 Å². The molecule has 0 saturated heterocycles. The summed E-state index contributed by atoms with van der Waals surface area (Å²) < 4.78 is 0. The van der Waals surface area contributed by atoms with E-state index in [1.165, 1.54) is 24.7 Å². The summed E-state index contributed by atoms with van der Waals surface area (Å²) in [6, 6.07) is 0. The van der Waals surface area contributed by atoms with E-state index in [0.29, 0.717) is 0 Å². The third kappa shape index (κ3) is 0.889. The van der Waals surface area contributed by atoms with Gasteiger partial charge < -0.3 is 0 Å². The van der Waals surface area contributed by atoms with E-state index in [-0.39, 0.29) is 0 Å². The lowest BCUT2D eigenvalue weighted by atomic mass is 9.98. The van der Waals surface area contributed by atoms with Gasteiger partial charge in [0, 0.05) is 0 Å². The molecular weight excluding hydrogens is 108 g/mol. The van der Waals surface area contributed by atoms with Crippen LogP contribution in [0.3, 0.4) is 0 Å². The molecule has 2 aliphatic carbocycles. The molecule has 0 amide bonds. The first-order valence-electron chi connectivity index (χ1n) is 4.42. The van der Waals surface area contributed by atoms with Crippen LogP contribution < -0.4 is 0 Å². The van der Waals surface area contributed by atoms with E-state index < -0.39 is 0 Å². The number of hydrogen-bond donors (Lipinski definition) is 0. The van der Waals surface area contributed by atoms with Crippen LogP contribution in [-0.2, 0) is 0 Å². The van der Waals surface area contributed by atoms with Crippen LogP contribution in [0.5, 0.6) is 0 Å². The predicted octanol–water partition coefficient (Wildman–Crippen LogP) is 2.83. The molecule has 0 unspecified atom stereocenters. The first kappa shape index (κ1) is 5.76. The van der Waals surface area contributed by atoms with Gasteiger partial charge >= 0.3 is 0 Å². The third-order valence-corrected chi connectivity index (χ3v) is 3.15. The molecule has 0 bridgehead atoms. The van der Waals surface area contributed by atoms with Crippen LogP contribution in [0, 0.1) is 17.8 Å². The molecule has 0 spiro atoms. The molecule has 2 fully saturated rings. The van der Waals surface area contributed by atoms with Crippen LogP contribution in [0.25, 0.3) is 0 Å². The summed E-state index contributed by atoms with van der Waals surface area (Å²) in [6.45, 7) is 2.32. The summed E-state index contributed by atoms with van der Waals surface area (Å²) in [5, 5.41) is 0. The fourth-order valence-electron chi connectivity index (χ4n) is 2.55. The second-order valence-corrected chi connectivity index (χ2v) is 3.79. The van der Waals surface area contributed by atoms with E-state index in [0.717, 1.165) is 5.92 Å². The maximum atomic E-state index is 2.32. The number of rotatable bonds is 2. The van der Waals surface area contributed by atoms with Crippen molar-refractivity contribution in [2.75, 3.05) is 0 Å². The lowest BCUT2D eigenvalue weighted by molar-refractivity contribution is 0.439. The van der Waals surface area contributed by atoms with Crippen molar-refractivity contribution in [3.05, 3.63) is 0 Å². The number of fused-ring (bicyclic) bond motifs is 1. The standard InChI is InChI=1S/C9H16/c1-2-3-7-4-5-8-6-9(7)8/h7-9H,2-6H2,1H3/t7-,8+,9+/m1/s1. The van der Waals surface area contributed by atoms with Gasteiger partial charge in [0.25, 0.3) is 0 Å². The SMILES string of the molecule is CCC[C@@H]1CC[C@H]2C[C@@H]12. The molecule has 2 saturated carbocycles. The smallest absolute Gasteiger partial charge is 0.0355 e. The van der Waals surface area contributed by atoms with Gasteiger partial charge in [-0.05, 0) is 37.0 Å². The van der Waals surface area contributed by atoms with Crippen LogP contribution in [0.15, 0.2) is 0 Å². The Kier molecular flexibility index (Phi) is 1.28. The lowest BCUT2D eigenvalue weighted by Crippen LogP contribution is -1.96. The van der Waals surface area contributed by atoms with Gasteiger partial charge in [-0.2, -0.15) is 0 Å². The summed E-state index contributed by atoms with van der Waals surface area (Å²) in [4.78, 5) is 0. The summed E-state index contributed by atoms with van der Waals surface area (Å²) in [5.74, 6) is 3.55. The first-order valence-corrected chi connectivity index (χ1v) is 4.42. The fourth-order valence-corrected chi connectivity index (χ4v) is 2.55. The Morgan fingerprint density at radius 2 is 2.22 bits per heavy atom. The summed E-state index contributed by atoms with van der Waals surface area (Å²) in [5.41, 5.74) is 0. The van der Waals surface area contributed by atoms with E-state index in [9.17, 15) is 0 Å². The predicted molar refractivity (Wildman–Crippen MR) is 39.2 cm³/mol. The molecule has 2 rings (SSSR count). The minimum atomic E-state index is 1.15. The van der Waals surface area contributed by atoms with Gasteiger partial charge in [-0.1, -0.05) is 19.8 Å². The maximum absolute atomic E-state index is 2.32. The quantitative estimate of drug-likeness (QED) is 0.531. The van der Waals surface area contributed by atoms with Crippen molar-refractivity contribution in [3.8, 4) is 0 Å². The van der Waals surface area contributed by atoms with Gasteiger partial charge in [0.15, 0.2) is 0 Å². The van der Waals surface area contributed by atoms with E-state index in [1.807, 2.05) is 0 Å². The molecule has 0 nitrogen and oxygen atoms in total. The average Bonchev–Trinajstić information content (AvgIpc) is 2.54. The van der Waals surface area contributed by atoms with Crippen molar-refractivity contribution in [1.29, 1.82) is 0 Å². The molecule has 0 aromatic carbocycles. The summed E-state index contributed by atoms with van der Waals surface area (Å²) in [7, 11) is 0. The molecule has 0 radical (unpaired) electrons. The van der Waals surface area contributed by atoms with Crippen LogP contribution in [0.2, 0.25) is 0 Å². The van der Waals surface area contributed by atoms with Crippen LogP contribution >= 0.6 is 0 Å². The van der Waals surface area contributed by atoms with Gasteiger partial charge in [-0.3, -0.25) is 0 Å². The fraction of sp³-hybridized carbons (Fsp3) is 1.00. The zero-order chi connectivity index (χ0) is 6.27. The highest BCUT2D eigenvalue weighted by Crippen LogP contribution is 2.56. The first-order chi connectivity index (χ1) is 4.42. The molecule has 2 aliphatic rings. The van der Waals surface area contributed by atoms with Gasteiger partial charge in [0.05, 0.1) is 0 Å². The molecule has 0 aromatic rings. The van der Waals surface area contributed by atoms with Gasteiger partial charge in [0.1, 0.15) is 0 Å². The second kappa shape index (κ2) is 2.00. The zero-order valence-corrected chi connectivity index (χ0v) is 6.27. The Morgan fingerprint density at radius 3 is 2.67 bits per heavy atom. The molecule has 9 heavy (non-hydrogen) atoms. The molecule has 0 N–H and O–H groups in total. The Hall–Kier alpha value is 0. The highest BCUT2D eigenvalue weighted by Gasteiger charge is 2.46. The number of hydrogen-bond acceptors (Lipinski definition) is 0. The molecular formula is C9H16. The van der Waals surface area contributed by atoms with E-state index in [2.05, 4.69) is 6.92 Å². The zero-order valence-electron chi connectivity index (χ0n) is 6.27. The Balaban J connectivity index is 1.84.